The topological polar surface area (TPSA) is 20.3 Å². The third kappa shape index (κ3) is 3.81. The van der Waals surface area contributed by atoms with Crippen LogP contribution >= 0.6 is 0 Å². The SMILES string of the molecule is O=CC1CCN(CCC(F)F)CC1. The van der Waals surface area contributed by atoms with Crippen LogP contribution in [0, 0.1) is 5.92 Å². The fraction of sp³-hybridized carbons (Fsp3) is 0.889. The van der Waals surface area contributed by atoms with E-state index >= 15 is 0 Å². The van der Waals surface area contributed by atoms with Crippen LogP contribution in [0.1, 0.15) is 19.3 Å². The first-order valence-corrected chi connectivity index (χ1v) is 4.68. The first kappa shape index (κ1) is 10.6. The van der Waals surface area contributed by atoms with Crippen molar-refractivity contribution in [3.63, 3.8) is 0 Å². The van der Waals surface area contributed by atoms with E-state index in [1.165, 1.54) is 0 Å². The van der Waals surface area contributed by atoms with Crippen molar-refractivity contribution >= 4 is 6.29 Å². The fourth-order valence-corrected chi connectivity index (χ4v) is 1.59. The summed E-state index contributed by atoms with van der Waals surface area (Å²) in [5.41, 5.74) is 0. The van der Waals surface area contributed by atoms with Crippen molar-refractivity contribution in [2.45, 2.75) is 25.7 Å². The zero-order valence-corrected chi connectivity index (χ0v) is 7.59. The number of hydrogen-bond acceptors (Lipinski definition) is 2. The molecule has 0 aromatic carbocycles. The second kappa shape index (κ2) is 5.27. The molecule has 0 spiro atoms. The maximum absolute atomic E-state index is 11.8. The predicted octanol–water partition coefficient (Wildman–Crippen LogP) is 1.55. The predicted molar refractivity (Wildman–Crippen MR) is 45.8 cm³/mol. The first-order valence-electron chi connectivity index (χ1n) is 4.68. The van der Waals surface area contributed by atoms with Crippen LogP contribution in [0.4, 0.5) is 8.78 Å². The summed E-state index contributed by atoms with van der Waals surface area (Å²) in [5.74, 6) is 0.155. The van der Waals surface area contributed by atoms with Crippen molar-refractivity contribution in [3.05, 3.63) is 0 Å². The Morgan fingerprint density at radius 1 is 1.38 bits per heavy atom. The second-order valence-electron chi connectivity index (χ2n) is 3.49. The zero-order valence-electron chi connectivity index (χ0n) is 7.59. The van der Waals surface area contributed by atoms with Crippen LogP contribution in [0.2, 0.25) is 0 Å². The third-order valence-corrected chi connectivity index (χ3v) is 2.49. The van der Waals surface area contributed by atoms with Gasteiger partial charge in [0.15, 0.2) is 0 Å². The van der Waals surface area contributed by atoms with Crippen molar-refractivity contribution < 1.29 is 13.6 Å². The third-order valence-electron chi connectivity index (χ3n) is 2.49. The quantitative estimate of drug-likeness (QED) is 0.628. The van der Waals surface area contributed by atoms with E-state index < -0.39 is 6.43 Å². The van der Waals surface area contributed by atoms with Crippen LogP contribution in [-0.2, 0) is 4.79 Å². The highest BCUT2D eigenvalue weighted by Crippen LogP contribution is 2.15. The summed E-state index contributed by atoms with van der Waals surface area (Å²) >= 11 is 0. The van der Waals surface area contributed by atoms with Crippen LogP contribution in [0.15, 0.2) is 0 Å². The molecule has 1 rings (SSSR count). The molecule has 76 valence electrons. The molecule has 0 unspecified atom stereocenters. The Labute approximate surface area is 76.9 Å². The Morgan fingerprint density at radius 3 is 2.46 bits per heavy atom. The first-order chi connectivity index (χ1) is 6.22. The number of nitrogens with zero attached hydrogens (tertiary/aromatic N) is 1. The molecule has 1 aliphatic heterocycles. The molecule has 0 atom stereocenters. The van der Waals surface area contributed by atoms with Gasteiger partial charge in [-0.05, 0) is 25.9 Å². The summed E-state index contributed by atoms with van der Waals surface area (Å²) in [6.07, 6.45) is 0.374. The van der Waals surface area contributed by atoms with E-state index in [9.17, 15) is 13.6 Å². The molecular weight excluding hydrogens is 176 g/mol. The van der Waals surface area contributed by atoms with Crippen molar-refractivity contribution in [2.75, 3.05) is 19.6 Å². The van der Waals surface area contributed by atoms with Crippen LogP contribution in [0.25, 0.3) is 0 Å². The second-order valence-corrected chi connectivity index (χ2v) is 3.49. The van der Waals surface area contributed by atoms with E-state index in [0.29, 0.717) is 6.54 Å². The van der Waals surface area contributed by atoms with Crippen LogP contribution in [-0.4, -0.2) is 37.2 Å². The van der Waals surface area contributed by atoms with Gasteiger partial charge >= 0.3 is 0 Å². The fourth-order valence-electron chi connectivity index (χ4n) is 1.59. The molecule has 0 aromatic rings. The lowest BCUT2D eigenvalue weighted by Gasteiger charge is -2.29. The van der Waals surface area contributed by atoms with E-state index in [1.54, 1.807) is 0 Å². The minimum Gasteiger partial charge on any atom is -0.303 e. The lowest BCUT2D eigenvalue weighted by Crippen LogP contribution is -2.35. The van der Waals surface area contributed by atoms with Crippen molar-refractivity contribution in [1.29, 1.82) is 0 Å². The number of carbonyl (C=O) groups excluding carboxylic acids is 1. The van der Waals surface area contributed by atoms with Gasteiger partial charge in [0.05, 0.1) is 0 Å². The molecule has 13 heavy (non-hydrogen) atoms. The molecule has 4 heteroatoms. The average molecular weight is 191 g/mol. The van der Waals surface area contributed by atoms with Gasteiger partial charge in [-0.25, -0.2) is 8.78 Å². The number of piperidine rings is 1. The highest BCUT2D eigenvalue weighted by molar-refractivity contribution is 5.53. The zero-order chi connectivity index (χ0) is 9.68. The smallest absolute Gasteiger partial charge is 0.239 e. The van der Waals surface area contributed by atoms with Gasteiger partial charge < -0.3 is 9.69 Å². The van der Waals surface area contributed by atoms with Gasteiger partial charge in [0.25, 0.3) is 0 Å². The monoisotopic (exact) mass is 191 g/mol. The van der Waals surface area contributed by atoms with E-state index in [4.69, 9.17) is 0 Å². The molecule has 1 fully saturated rings. The summed E-state index contributed by atoms with van der Waals surface area (Å²) in [6, 6.07) is 0. The van der Waals surface area contributed by atoms with Crippen molar-refractivity contribution in [3.8, 4) is 0 Å². The molecule has 1 saturated heterocycles. The molecular formula is C9H15F2NO. The normalized spacial score (nSPS) is 20.8. The maximum atomic E-state index is 11.8. The highest BCUT2D eigenvalue weighted by Gasteiger charge is 2.18. The highest BCUT2D eigenvalue weighted by atomic mass is 19.3. The van der Waals surface area contributed by atoms with Crippen LogP contribution in [0.3, 0.4) is 0 Å². The number of carbonyl (C=O) groups is 1. The Kier molecular flexibility index (Phi) is 4.28. The Balaban J connectivity index is 2.14. The standard InChI is InChI=1S/C9H15F2NO/c10-9(11)3-6-12-4-1-8(7-13)2-5-12/h7-9H,1-6H2. The van der Waals surface area contributed by atoms with E-state index in [-0.39, 0.29) is 12.3 Å². The lowest BCUT2D eigenvalue weighted by molar-refractivity contribution is -0.112. The van der Waals surface area contributed by atoms with E-state index in [1.807, 2.05) is 4.90 Å². The molecule has 0 radical (unpaired) electrons. The van der Waals surface area contributed by atoms with Crippen LogP contribution in [0.5, 0.6) is 0 Å². The number of hydrogen-bond donors (Lipinski definition) is 0. The molecule has 0 amide bonds. The molecule has 1 aliphatic rings. The minimum absolute atomic E-state index is 0.0498. The molecule has 0 aromatic heterocycles. The lowest BCUT2D eigenvalue weighted by atomic mass is 9.98. The molecule has 0 N–H and O–H groups in total. The number of likely N-dealkylation sites (tertiary alicyclic amines) is 1. The summed E-state index contributed by atoms with van der Waals surface area (Å²) in [4.78, 5) is 12.4. The number of alkyl halides is 2. The minimum atomic E-state index is -2.20. The van der Waals surface area contributed by atoms with Gasteiger partial charge in [-0.2, -0.15) is 0 Å². The average Bonchev–Trinajstić information content (AvgIpc) is 2.15. The van der Waals surface area contributed by atoms with Crippen LogP contribution < -0.4 is 0 Å². The van der Waals surface area contributed by atoms with E-state index in [2.05, 4.69) is 0 Å². The maximum Gasteiger partial charge on any atom is 0.239 e. The number of aldehydes is 1. The van der Waals surface area contributed by atoms with Crippen molar-refractivity contribution in [2.24, 2.45) is 5.92 Å². The summed E-state index contributed by atoms with van der Waals surface area (Å²) in [7, 11) is 0. The Morgan fingerprint density at radius 2 is 2.00 bits per heavy atom. The largest absolute Gasteiger partial charge is 0.303 e. The number of halogens is 2. The Hall–Kier alpha value is -0.510. The Bertz CT molecular complexity index is 156. The van der Waals surface area contributed by atoms with E-state index in [0.717, 1.165) is 32.2 Å². The number of rotatable bonds is 4. The molecule has 0 aliphatic carbocycles. The van der Waals surface area contributed by atoms with Gasteiger partial charge in [0, 0.05) is 18.9 Å². The van der Waals surface area contributed by atoms with Crippen molar-refractivity contribution in [1.82, 2.24) is 4.90 Å². The molecule has 2 nitrogen and oxygen atoms in total. The summed E-state index contributed by atoms with van der Waals surface area (Å²) < 4.78 is 23.7. The van der Waals surface area contributed by atoms with Gasteiger partial charge in [-0.15, -0.1) is 0 Å². The van der Waals surface area contributed by atoms with Gasteiger partial charge in [0.1, 0.15) is 6.29 Å². The van der Waals surface area contributed by atoms with Gasteiger partial charge in [-0.3, -0.25) is 0 Å². The molecule has 0 saturated carbocycles. The molecule has 1 heterocycles. The summed E-state index contributed by atoms with van der Waals surface area (Å²) in [5, 5.41) is 0. The molecule has 0 bridgehead atoms. The summed E-state index contributed by atoms with van der Waals surface area (Å²) in [6.45, 7) is 2.04. The van der Waals surface area contributed by atoms with Gasteiger partial charge in [0.2, 0.25) is 6.43 Å². The van der Waals surface area contributed by atoms with Gasteiger partial charge in [-0.1, -0.05) is 0 Å².